The molecular weight excluding hydrogens is 380 g/mol. The molecule has 5 heteroatoms. The number of allylic oxidation sites excluding steroid dienone is 2. The molecule has 0 spiro atoms. The van der Waals surface area contributed by atoms with Gasteiger partial charge in [0.25, 0.3) is 0 Å². The number of imide groups is 1. The predicted molar refractivity (Wildman–Crippen MR) is 116 cm³/mol. The molecule has 1 aromatic carbocycles. The minimum Gasteiger partial charge on any atom is -0.274 e. The lowest BCUT2D eigenvalue weighted by Gasteiger charge is -2.18. The Morgan fingerprint density at radius 1 is 1.03 bits per heavy atom. The molecule has 4 nitrogen and oxygen atoms in total. The first-order valence-corrected chi connectivity index (χ1v) is 11.2. The van der Waals surface area contributed by atoms with Gasteiger partial charge in [0, 0.05) is 10.4 Å². The highest BCUT2D eigenvalue weighted by atomic mass is 32.1. The summed E-state index contributed by atoms with van der Waals surface area (Å²) in [5.74, 6) is 0.0613. The number of aromatic nitrogens is 1. The van der Waals surface area contributed by atoms with E-state index in [2.05, 4.69) is 45.9 Å². The quantitative estimate of drug-likeness (QED) is 0.508. The molecule has 4 atom stereocenters. The highest BCUT2D eigenvalue weighted by Gasteiger charge is 2.64. The van der Waals surface area contributed by atoms with E-state index in [1.807, 2.05) is 6.92 Å². The number of nitrogens with zero attached hydrogens (tertiary/aromatic N) is 2. The van der Waals surface area contributed by atoms with E-state index in [4.69, 9.17) is 4.98 Å². The molecule has 2 amide bonds. The van der Waals surface area contributed by atoms with Gasteiger partial charge in [0.15, 0.2) is 5.13 Å². The zero-order chi connectivity index (χ0) is 20.6. The van der Waals surface area contributed by atoms with Crippen LogP contribution in [-0.4, -0.2) is 16.8 Å². The van der Waals surface area contributed by atoms with E-state index in [0.29, 0.717) is 5.13 Å². The second-order valence-electron chi connectivity index (χ2n) is 9.03. The number of fused-ring (bicyclic) bond motifs is 5. The lowest BCUT2D eigenvalue weighted by atomic mass is 9.81. The van der Waals surface area contributed by atoms with E-state index in [-0.39, 0.29) is 35.5 Å². The molecule has 1 saturated heterocycles. The topological polar surface area (TPSA) is 50.3 Å². The smallest absolute Gasteiger partial charge is 0.240 e. The molecule has 2 aromatic rings. The lowest BCUT2D eigenvalue weighted by molar-refractivity contribution is -0.123. The zero-order valence-corrected chi connectivity index (χ0v) is 18.4. The molecule has 0 N–H and O–H groups in total. The van der Waals surface area contributed by atoms with E-state index in [9.17, 15) is 9.59 Å². The summed E-state index contributed by atoms with van der Waals surface area (Å²) in [5.41, 5.74) is 7.00. The van der Waals surface area contributed by atoms with Crippen molar-refractivity contribution in [2.75, 3.05) is 4.90 Å². The van der Waals surface area contributed by atoms with E-state index >= 15 is 0 Å². The Kier molecular flexibility index (Phi) is 4.11. The van der Waals surface area contributed by atoms with Crippen molar-refractivity contribution in [1.29, 1.82) is 0 Å². The van der Waals surface area contributed by atoms with Crippen LogP contribution in [0.2, 0.25) is 0 Å². The predicted octanol–water partition coefficient (Wildman–Crippen LogP) is 5.22. The molecule has 2 bridgehead atoms. The molecule has 1 aromatic heterocycles. The highest BCUT2D eigenvalue weighted by molar-refractivity contribution is 7.16. The van der Waals surface area contributed by atoms with Crippen molar-refractivity contribution in [3.63, 3.8) is 0 Å². The minimum absolute atomic E-state index is 0.0353. The number of rotatable bonds is 2. The first-order valence-electron chi connectivity index (χ1n) is 10.4. The van der Waals surface area contributed by atoms with Crippen LogP contribution in [0.3, 0.4) is 0 Å². The van der Waals surface area contributed by atoms with Crippen molar-refractivity contribution in [1.82, 2.24) is 4.98 Å². The fourth-order valence-electron chi connectivity index (χ4n) is 5.99. The van der Waals surface area contributed by atoms with Gasteiger partial charge in [-0.25, -0.2) is 9.88 Å². The summed E-state index contributed by atoms with van der Waals surface area (Å²) in [7, 11) is 0. The Morgan fingerprint density at radius 2 is 1.66 bits per heavy atom. The van der Waals surface area contributed by atoms with Gasteiger partial charge in [-0.15, -0.1) is 11.3 Å². The van der Waals surface area contributed by atoms with Crippen LogP contribution in [0.1, 0.15) is 42.7 Å². The SMILES string of the molecule is CC(C)=C1[C@H]2CC[C@@H]1[C@@H]1C(=O)N(c3nc(-c4ccc(C)cc4C)c(C)s3)C(=O)[C@H]12. The first-order chi connectivity index (χ1) is 13.8. The van der Waals surface area contributed by atoms with Crippen LogP contribution in [-0.2, 0) is 9.59 Å². The summed E-state index contributed by atoms with van der Waals surface area (Å²) in [5, 5.41) is 0.542. The van der Waals surface area contributed by atoms with Crippen LogP contribution in [0.5, 0.6) is 0 Å². The minimum atomic E-state index is -0.181. The van der Waals surface area contributed by atoms with Crippen LogP contribution in [0.25, 0.3) is 11.3 Å². The Balaban J connectivity index is 1.53. The number of hydrogen-bond acceptors (Lipinski definition) is 4. The Hall–Kier alpha value is -2.27. The third-order valence-electron chi connectivity index (χ3n) is 7.04. The van der Waals surface area contributed by atoms with E-state index in [1.54, 1.807) is 0 Å². The van der Waals surface area contributed by atoms with Crippen molar-refractivity contribution in [2.45, 2.75) is 47.5 Å². The molecule has 1 aliphatic heterocycles. The molecule has 29 heavy (non-hydrogen) atoms. The highest BCUT2D eigenvalue weighted by Crippen LogP contribution is 2.60. The van der Waals surface area contributed by atoms with Crippen LogP contribution in [0.15, 0.2) is 29.3 Å². The molecule has 0 unspecified atom stereocenters. The van der Waals surface area contributed by atoms with E-state index < -0.39 is 0 Å². The van der Waals surface area contributed by atoms with Crippen LogP contribution >= 0.6 is 11.3 Å². The normalized spacial score (nSPS) is 27.9. The van der Waals surface area contributed by atoms with Gasteiger partial charge in [0.05, 0.1) is 17.5 Å². The molecule has 5 rings (SSSR count). The summed E-state index contributed by atoms with van der Waals surface area (Å²) >= 11 is 1.46. The number of amides is 2. The third-order valence-corrected chi connectivity index (χ3v) is 8.00. The maximum absolute atomic E-state index is 13.4. The lowest BCUT2D eigenvalue weighted by Crippen LogP contribution is -2.33. The molecule has 2 aliphatic carbocycles. The van der Waals surface area contributed by atoms with Gasteiger partial charge in [0.2, 0.25) is 11.8 Å². The average Bonchev–Trinajstić information content (AvgIpc) is 3.37. The van der Waals surface area contributed by atoms with Crippen LogP contribution < -0.4 is 4.90 Å². The first kappa shape index (κ1) is 18.7. The number of carbonyl (C=O) groups excluding carboxylic acids is 2. The average molecular weight is 407 g/mol. The standard InChI is InChI=1S/C24H26N2O2S/c1-11(2)18-16-8-9-17(18)20-19(16)22(27)26(23(20)28)24-25-21(14(5)29-24)15-7-6-12(3)10-13(15)4/h6-7,10,16-17,19-20H,8-9H2,1-5H3/t16-,17+,19-,20-/m0/s1. The third kappa shape index (κ3) is 2.53. The van der Waals surface area contributed by atoms with Gasteiger partial charge in [0.1, 0.15) is 0 Å². The van der Waals surface area contributed by atoms with Gasteiger partial charge in [-0.3, -0.25) is 9.59 Å². The van der Waals surface area contributed by atoms with Crippen molar-refractivity contribution in [2.24, 2.45) is 23.7 Å². The van der Waals surface area contributed by atoms with Gasteiger partial charge >= 0.3 is 0 Å². The van der Waals surface area contributed by atoms with Gasteiger partial charge < -0.3 is 0 Å². The summed E-state index contributed by atoms with van der Waals surface area (Å²) in [6.45, 7) is 10.4. The van der Waals surface area contributed by atoms with Crippen LogP contribution in [0, 0.1) is 44.4 Å². The molecule has 3 aliphatic rings. The van der Waals surface area contributed by atoms with Crippen LogP contribution in [0.4, 0.5) is 5.13 Å². The molecular formula is C24H26N2O2S. The van der Waals surface area contributed by atoms with Crippen molar-refractivity contribution in [3.8, 4) is 11.3 Å². The van der Waals surface area contributed by atoms with E-state index in [1.165, 1.54) is 32.9 Å². The summed E-state index contributed by atoms with van der Waals surface area (Å²) in [6.07, 6.45) is 2.06. The second kappa shape index (κ2) is 6.36. The Labute approximate surface area is 175 Å². The Bertz CT molecular complexity index is 1060. The number of hydrogen-bond donors (Lipinski definition) is 0. The summed E-state index contributed by atoms with van der Waals surface area (Å²) < 4.78 is 0. The Morgan fingerprint density at radius 3 is 2.21 bits per heavy atom. The molecule has 2 heterocycles. The maximum atomic E-state index is 13.4. The number of aryl methyl sites for hydroxylation is 3. The maximum Gasteiger partial charge on any atom is 0.240 e. The number of carbonyl (C=O) groups is 2. The van der Waals surface area contributed by atoms with E-state index in [0.717, 1.165) is 34.5 Å². The molecule has 3 fully saturated rings. The van der Waals surface area contributed by atoms with Crippen molar-refractivity contribution >= 4 is 28.3 Å². The molecule has 0 radical (unpaired) electrons. The largest absolute Gasteiger partial charge is 0.274 e. The fraction of sp³-hybridized carbons (Fsp3) is 0.458. The van der Waals surface area contributed by atoms with Gasteiger partial charge in [-0.1, -0.05) is 34.9 Å². The van der Waals surface area contributed by atoms with Gasteiger partial charge in [-0.2, -0.15) is 0 Å². The van der Waals surface area contributed by atoms with Gasteiger partial charge in [-0.05, 0) is 64.9 Å². The zero-order valence-electron chi connectivity index (χ0n) is 17.6. The molecule has 2 saturated carbocycles. The summed E-state index contributed by atoms with van der Waals surface area (Å²) in [6, 6.07) is 6.30. The molecule has 150 valence electrons. The number of thiazole rings is 1. The monoisotopic (exact) mass is 406 g/mol. The number of benzene rings is 1. The fourth-order valence-corrected chi connectivity index (χ4v) is 6.92. The second-order valence-corrected chi connectivity index (χ2v) is 10.2. The summed E-state index contributed by atoms with van der Waals surface area (Å²) in [4.78, 5) is 34.0. The van der Waals surface area contributed by atoms with Crippen molar-refractivity contribution < 1.29 is 9.59 Å². The number of anilines is 1. The van der Waals surface area contributed by atoms with Crippen molar-refractivity contribution in [3.05, 3.63) is 45.3 Å².